The Labute approximate surface area is 196 Å². The van der Waals surface area contributed by atoms with E-state index in [0.717, 1.165) is 34.4 Å². The normalized spacial score (nSPS) is 10.3. The number of nitrogens with one attached hydrogen (secondary N) is 3. The number of para-hydroxylation sites is 1. The Kier molecular flexibility index (Phi) is 8.44. The molecule has 0 fully saturated rings. The maximum absolute atomic E-state index is 12.8. The van der Waals surface area contributed by atoms with Crippen molar-refractivity contribution in [1.82, 2.24) is 5.32 Å². The smallest absolute Gasteiger partial charge is 0.261 e. The van der Waals surface area contributed by atoms with Crippen LogP contribution in [0, 0.1) is 0 Å². The minimum Gasteiger partial charge on any atom is -0.493 e. The predicted molar refractivity (Wildman–Crippen MR) is 134 cm³/mol. The summed E-state index contributed by atoms with van der Waals surface area (Å²) in [4.78, 5) is 12.8. The van der Waals surface area contributed by atoms with E-state index in [0.29, 0.717) is 17.9 Å². The van der Waals surface area contributed by atoms with Crippen molar-refractivity contribution in [1.29, 1.82) is 0 Å². The summed E-state index contributed by atoms with van der Waals surface area (Å²) in [6.45, 7) is 2.65. The molecular weight excluding hydrogens is 474 g/mol. The van der Waals surface area contributed by atoms with Crippen molar-refractivity contribution in [3.63, 3.8) is 0 Å². The van der Waals surface area contributed by atoms with Gasteiger partial charge in [-0.1, -0.05) is 47.5 Å². The number of amides is 1. The van der Waals surface area contributed by atoms with E-state index < -0.39 is 0 Å². The third-order valence-corrected chi connectivity index (χ3v) is 5.07. The minimum absolute atomic E-state index is 0.216. The number of ether oxygens (including phenoxy) is 1. The molecule has 0 aliphatic rings. The minimum atomic E-state index is -0.326. The molecule has 0 heterocycles. The quantitative estimate of drug-likeness (QED) is 0.245. The molecule has 1 amide bonds. The second-order valence-electron chi connectivity index (χ2n) is 6.82. The summed E-state index contributed by atoms with van der Waals surface area (Å²) < 4.78 is 6.56. The molecule has 3 aromatic carbocycles. The molecule has 3 aromatic rings. The van der Waals surface area contributed by atoms with Gasteiger partial charge in [0.15, 0.2) is 5.11 Å². The van der Waals surface area contributed by atoms with Crippen LogP contribution in [0.15, 0.2) is 77.3 Å². The molecule has 0 aliphatic carbocycles. The zero-order chi connectivity index (χ0) is 22.1. The molecule has 0 bridgehead atoms. The zero-order valence-corrected chi connectivity index (χ0v) is 19.6. The summed E-state index contributed by atoms with van der Waals surface area (Å²) in [6, 6.07) is 22.9. The first kappa shape index (κ1) is 22.8. The molecule has 160 valence electrons. The number of carbonyl (C=O) groups excluding carboxylic acids is 1. The summed E-state index contributed by atoms with van der Waals surface area (Å²) in [5.41, 5.74) is 3.17. The summed E-state index contributed by atoms with van der Waals surface area (Å²) in [6.07, 6.45) is 1.94. The standard InChI is InChI=1S/C24H24BrN3O2S/c1-2-3-15-30-22-14-9-17(25)16-21(22)23(29)28-24(31)27-20-12-10-19(11-13-20)26-18-7-5-4-6-8-18/h4-14,16,26H,2-3,15H2,1H3,(H2,27,28,29,31). The highest BCUT2D eigenvalue weighted by atomic mass is 79.9. The van der Waals surface area contributed by atoms with Gasteiger partial charge >= 0.3 is 0 Å². The highest BCUT2D eigenvalue weighted by Gasteiger charge is 2.15. The Balaban J connectivity index is 1.59. The van der Waals surface area contributed by atoms with Crippen molar-refractivity contribution < 1.29 is 9.53 Å². The molecule has 0 atom stereocenters. The van der Waals surface area contributed by atoms with E-state index in [9.17, 15) is 4.79 Å². The fourth-order valence-corrected chi connectivity index (χ4v) is 3.36. The van der Waals surface area contributed by atoms with Gasteiger partial charge in [-0.3, -0.25) is 10.1 Å². The van der Waals surface area contributed by atoms with Gasteiger partial charge in [0.25, 0.3) is 5.91 Å². The lowest BCUT2D eigenvalue weighted by Gasteiger charge is -2.14. The van der Waals surface area contributed by atoms with Crippen molar-refractivity contribution in [2.24, 2.45) is 0 Å². The van der Waals surface area contributed by atoms with E-state index in [4.69, 9.17) is 17.0 Å². The van der Waals surface area contributed by atoms with E-state index in [-0.39, 0.29) is 11.0 Å². The summed E-state index contributed by atoms with van der Waals surface area (Å²) in [5, 5.41) is 9.30. The second kappa shape index (κ2) is 11.5. The lowest BCUT2D eigenvalue weighted by atomic mass is 10.2. The first-order chi connectivity index (χ1) is 15.0. The van der Waals surface area contributed by atoms with Gasteiger partial charge in [-0.25, -0.2) is 0 Å². The number of anilines is 3. The molecule has 7 heteroatoms. The number of carbonyl (C=O) groups is 1. The van der Waals surface area contributed by atoms with Gasteiger partial charge < -0.3 is 15.4 Å². The van der Waals surface area contributed by atoms with Crippen molar-refractivity contribution in [3.8, 4) is 5.75 Å². The molecule has 0 saturated carbocycles. The van der Waals surface area contributed by atoms with Gasteiger partial charge in [-0.05, 0) is 73.2 Å². The molecule has 3 N–H and O–H groups in total. The predicted octanol–water partition coefficient (Wildman–Crippen LogP) is 6.50. The lowest BCUT2D eigenvalue weighted by molar-refractivity contribution is 0.0973. The van der Waals surface area contributed by atoms with Crippen LogP contribution in [0.1, 0.15) is 30.1 Å². The van der Waals surface area contributed by atoms with Gasteiger partial charge in [0.05, 0.1) is 12.2 Å². The molecule has 0 aromatic heterocycles. The molecular formula is C24H24BrN3O2S. The molecule has 0 spiro atoms. The van der Waals surface area contributed by atoms with Gasteiger partial charge in [-0.2, -0.15) is 0 Å². The second-order valence-corrected chi connectivity index (χ2v) is 8.14. The lowest BCUT2D eigenvalue weighted by Crippen LogP contribution is -2.34. The van der Waals surface area contributed by atoms with Crippen LogP contribution in [0.5, 0.6) is 5.75 Å². The van der Waals surface area contributed by atoms with E-state index in [1.54, 1.807) is 12.1 Å². The third-order valence-electron chi connectivity index (χ3n) is 4.37. The van der Waals surface area contributed by atoms with Crippen LogP contribution in [0.25, 0.3) is 0 Å². The first-order valence-electron chi connectivity index (χ1n) is 10.0. The van der Waals surface area contributed by atoms with E-state index in [1.165, 1.54) is 0 Å². The highest BCUT2D eigenvalue weighted by molar-refractivity contribution is 9.10. The third kappa shape index (κ3) is 7.08. The molecule has 3 rings (SSSR count). The zero-order valence-electron chi connectivity index (χ0n) is 17.2. The van der Waals surface area contributed by atoms with Crippen molar-refractivity contribution in [2.45, 2.75) is 19.8 Å². The SMILES string of the molecule is CCCCOc1ccc(Br)cc1C(=O)NC(=S)Nc1ccc(Nc2ccccc2)cc1. The van der Waals surface area contributed by atoms with Crippen LogP contribution < -0.4 is 20.7 Å². The van der Waals surface area contributed by atoms with Crippen LogP contribution in [0.4, 0.5) is 17.1 Å². The molecule has 0 radical (unpaired) electrons. The average molecular weight is 498 g/mol. The number of unbranched alkanes of at least 4 members (excludes halogenated alkanes) is 1. The largest absolute Gasteiger partial charge is 0.493 e. The fraction of sp³-hybridized carbons (Fsp3) is 0.167. The molecule has 0 aliphatic heterocycles. The van der Waals surface area contributed by atoms with Crippen molar-refractivity contribution >= 4 is 56.2 Å². The maximum Gasteiger partial charge on any atom is 0.261 e. The van der Waals surface area contributed by atoms with Crippen LogP contribution >= 0.6 is 28.1 Å². The van der Waals surface area contributed by atoms with Crippen LogP contribution in [0.3, 0.4) is 0 Å². The van der Waals surface area contributed by atoms with Crippen LogP contribution in [0.2, 0.25) is 0 Å². The maximum atomic E-state index is 12.8. The molecule has 31 heavy (non-hydrogen) atoms. The van der Waals surface area contributed by atoms with Gasteiger partial charge in [0, 0.05) is 21.5 Å². The van der Waals surface area contributed by atoms with Crippen molar-refractivity contribution in [2.75, 3.05) is 17.2 Å². The average Bonchev–Trinajstić information content (AvgIpc) is 2.77. The number of benzene rings is 3. The summed E-state index contributed by atoms with van der Waals surface area (Å²) in [7, 11) is 0. The van der Waals surface area contributed by atoms with Gasteiger partial charge in [0.2, 0.25) is 0 Å². The monoisotopic (exact) mass is 497 g/mol. The number of halogens is 1. The topological polar surface area (TPSA) is 62.4 Å². The Hall–Kier alpha value is -2.90. The van der Waals surface area contributed by atoms with Crippen LogP contribution in [-0.4, -0.2) is 17.6 Å². The van der Waals surface area contributed by atoms with Crippen molar-refractivity contribution in [3.05, 3.63) is 82.8 Å². The van der Waals surface area contributed by atoms with E-state index in [1.807, 2.05) is 60.7 Å². The number of rotatable bonds is 8. The number of hydrogen-bond donors (Lipinski definition) is 3. The molecule has 0 saturated heterocycles. The summed E-state index contributed by atoms with van der Waals surface area (Å²) in [5.74, 6) is 0.209. The molecule has 5 nitrogen and oxygen atoms in total. The van der Waals surface area contributed by atoms with E-state index >= 15 is 0 Å². The Bertz CT molecular complexity index is 1030. The van der Waals surface area contributed by atoms with Gasteiger partial charge in [0.1, 0.15) is 5.75 Å². The first-order valence-corrected chi connectivity index (χ1v) is 11.2. The molecule has 0 unspecified atom stereocenters. The number of thiocarbonyl (C=S) groups is 1. The van der Waals surface area contributed by atoms with E-state index in [2.05, 4.69) is 38.8 Å². The Morgan fingerprint density at radius 2 is 1.65 bits per heavy atom. The van der Waals surface area contributed by atoms with Crippen LogP contribution in [-0.2, 0) is 0 Å². The van der Waals surface area contributed by atoms with Gasteiger partial charge in [-0.15, -0.1) is 0 Å². The number of hydrogen-bond acceptors (Lipinski definition) is 4. The fourth-order valence-electron chi connectivity index (χ4n) is 2.79. The summed E-state index contributed by atoms with van der Waals surface area (Å²) >= 11 is 8.73. The highest BCUT2D eigenvalue weighted by Crippen LogP contribution is 2.24. The Morgan fingerprint density at radius 1 is 0.968 bits per heavy atom. The Morgan fingerprint density at radius 3 is 2.35 bits per heavy atom.